The number of rotatable bonds is 3. The molecular formula is C10H11BrF3N3O2. The molecule has 1 rings (SSSR count). The summed E-state index contributed by atoms with van der Waals surface area (Å²) in [6.07, 6.45) is -3.27. The van der Waals surface area contributed by atoms with E-state index in [0.717, 1.165) is 4.57 Å². The first-order valence-corrected chi connectivity index (χ1v) is 5.89. The van der Waals surface area contributed by atoms with E-state index < -0.39 is 30.7 Å². The first kappa shape index (κ1) is 15.5. The van der Waals surface area contributed by atoms with Gasteiger partial charge in [-0.15, -0.1) is 0 Å². The molecule has 0 radical (unpaired) electrons. The van der Waals surface area contributed by atoms with Crippen molar-refractivity contribution >= 4 is 27.5 Å². The lowest BCUT2D eigenvalue weighted by Crippen LogP contribution is -2.38. The summed E-state index contributed by atoms with van der Waals surface area (Å²) in [6.45, 7) is -0.365. The van der Waals surface area contributed by atoms with Crippen LogP contribution in [0.3, 0.4) is 0 Å². The van der Waals surface area contributed by atoms with E-state index in [0.29, 0.717) is 5.56 Å². The second-order valence-corrected chi connectivity index (χ2v) is 4.64. The van der Waals surface area contributed by atoms with Gasteiger partial charge in [0, 0.05) is 6.20 Å². The van der Waals surface area contributed by atoms with Crippen molar-refractivity contribution in [1.29, 1.82) is 0 Å². The van der Waals surface area contributed by atoms with E-state index in [-0.39, 0.29) is 10.2 Å². The number of hydrogen-bond donors (Lipinski definition) is 2. The van der Waals surface area contributed by atoms with Crippen molar-refractivity contribution in [3.05, 3.63) is 26.6 Å². The maximum absolute atomic E-state index is 11.9. The zero-order valence-electron chi connectivity index (χ0n) is 9.84. The van der Waals surface area contributed by atoms with Gasteiger partial charge in [0.25, 0.3) is 5.56 Å². The number of amides is 1. The fourth-order valence-corrected chi connectivity index (χ4v) is 1.72. The van der Waals surface area contributed by atoms with Gasteiger partial charge in [-0.2, -0.15) is 13.2 Å². The molecule has 0 saturated carbocycles. The first-order valence-electron chi connectivity index (χ1n) is 5.10. The number of alkyl halides is 3. The summed E-state index contributed by atoms with van der Waals surface area (Å²) in [6, 6.07) is 0. The van der Waals surface area contributed by atoms with Gasteiger partial charge in [-0.3, -0.25) is 9.59 Å². The Balaban J connectivity index is 2.84. The van der Waals surface area contributed by atoms with Gasteiger partial charge in [0.05, 0.1) is 10.2 Å². The SMILES string of the molecule is Cc1c(N)cn(CC(=O)NCC(F)(F)F)c(=O)c1Br. The molecule has 19 heavy (non-hydrogen) atoms. The third kappa shape index (κ3) is 4.27. The minimum absolute atomic E-state index is 0.177. The monoisotopic (exact) mass is 341 g/mol. The summed E-state index contributed by atoms with van der Waals surface area (Å²) in [4.78, 5) is 23.0. The van der Waals surface area contributed by atoms with Gasteiger partial charge < -0.3 is 15.6 Å². The average Bonchev–Trinajstić information content (AvgIpc) is 2.30. The second kappa shape index (κ2) is 5.64. The Hall–Kier alpha value is -1.51. The number of nitrogens with zero attached hydrogens (tertiary/aromatic N) is 1. The molecule has 1 heterocycles. The molecule has 0 fully saturated rings. The normalized spacial score (nSPS) is 11.4. The molecule has 106 valence electrons. The number of aromatic nitrogens is 1. The molecule has 1 aromatic rings. The molecule has 0 atom stereocenters. The standard InChI is InChI=1S/C10H11BrF3N3O2/c1-5-6(15)2-17(9(19)8(5)11)3-7(18)16-4-10(12,13)14/h2H,3-4,15H2,1H3,(H,16,18). The Bertz CT molecular complexity index is 554. The third-order valence-electron chi connectivity index (χ3n) is 2.31. The predicted octanol–water partition coefficient (Wildman–Crippen LogP) is 1.18. The number of nitrogens with one attached hydrogen (secondary N) is 1. The molecule has 0 spiro atoms. The van der Waals surface area contributed by atoms with Gasteiger partial charge in [0.15, 0.2) is 0 Å². The molecule has 5 nitrogen and oxygen atoms in total. The fourth-order valence-electron chi connectivity index (χ4n) is 1.26. The number of nitrogen functional groups attached to an aromatic ring is 1. The van der Waals surface area contributed by atoms with Gasteiger partial charge in [-0.25, -0.2) is 0 Å². The lowest BCUT2D eigenvalue weighted by atomic mass is 10.2. The number of pyridine rings is 1. The van der Waals surface area contributed by atoms with E-state index in [2.05, 4.69) is 15.9 Å². The summed E-state index contributed by atoms with van der Waals surface area (Å²) in [7, 11) is 0. The number of carbonyl (C=O) groups excluding carboxylic acids is 1. The van der Waals surface area contributed by atoms with E-state index in [9.17, 15) is 22.8 Å². The Kier molecular flexibility index (Phi) is 4.61. The Morgan fingerprint density at radius 1 is 1.53 bits per heavy atom. The lowest BCUT2D eigenvalue weighted by Gasteiger charge is -2.11. The van der Waals surface area contributed by atoms with E-state index >= 15 is 0 Å². The number of hydrogen-bond acceptors (Lipinski definition) is 3. The van der Waals surface area contributed by atoms with Crippen LogP contribution < -0.4 is 16.6 Å². The highest BCUT2D eigenvalue weighted by molar-refractivity contribution is 9.10. The first-order chi connectivity index (χ1) is 8.61. The van der Waals surface area contributed by atoms with Gasteiger partial charge in [-0.1, -0.05) is 0 Å². The quantitative estimate of drug-likeness (QED) is 0.866. The highest BCUT2D eigenvalue weighted by atomic mass is 79.9. The summed E-state index contributed by atoms with van der Waals surface area (Å²) in [5.74, 6) is -0.922. The van der Waals surface area contributed by atoms with Crippen LogP contribution in [0, 0.1) is 6.92 Å². The molecular weight excluding hydrogens is 331 g/mol. The van der Waals surface area contributed by atoms with Crippen LogP contribution in [0.15, 0.2) is 15.5 Å². The molecule has 1 aromatic heterocycles. The van der Waals surface area contributed by atoms with Gasteiger partial charge in [0.1, 0.15) is 13.1 Å². The zero-order chi connectivity index (χ0) is 14.8. The van der Waals surface area contributed by atoms with Crippen LogP contribution in [0.2, 0.25) is 0 Å². The van der Waals surface area contributed by atoms with Crippen molar-refractivity contribution < 1.29 is 18.0 Å². The summed E-state index contributed by atoms with van der Waals surface area (Å²) in [5, 5.41) is 1.67. The Morgan fingerprint density at radius 3 is 2.63 bits per heavy atom. The predicted molar refractivity (Wildman–Crippen MR) is 66.6 cm³/mol. The van der Waals surface area contributed by atoms with Crippen LogP contribution in [-0.4, -0.2) is 23.2 Å². The maximum atomic E-state index is 11.9. The smallest absolute Gasteiger partial charge is 0.397 e. The van der Waals surface area contributed by atoms with Crippen LogP contribution in [0.4, 0.5) is 18.9 Å². The van der Waals surface area contributed by atoms with Crippen molar-refractivity contribution in [2.75, 3.05) is 12.3 Å². The number of nitrogens with two attached hydrogens (primary N) is 1. The molecule has 9 heteroatoms. The number of halogens is 4. The topological polar surface area (TPSA) is 77.1 Å². The van der Waals surface area contributed by atoms with Crippen LogP contribution in [-0.2, 0) is 11.3 Å². The Labute approximate surface area is 114 Å². The summed E-state index contributed by atoms with van der Waals surface area (Å²) >= 11 is 3.02. The lowest BCUT2D eigenvalue weighted by molar-refractivity contribution is -0.138. The fraction of sp³-hybridized carbons (Fsp3) is 0.400. The van der Waals surface area contributed by atoms with Crippen LogP contribution in [0.5, 0.6) is 0 Å². The molecule has 3 N–H and O–H groups in total. The van der Waals surface area contributed by atoms with Crippen molar-refractivity contribution in [1.82, 2.24) is 9.88 Å². The third-order valence-corrected chi connectivity index (χ3v) is 3.24. The van der Waals surface area contributed by atoms with Crippen molar-refractivity contribution in [2.24, 2.45) is 0 Å². The molecule has 0 aromatic carbocycles. The average molecular weight is 342 g/mol. The zero-order valence-corrected chi connectivity index (χ0v) is 11.4. The summed E-state index contributed by atoms with van der Waals surface area (Å²) < 4.78 is 36.8. The molecule has 0 aliphatic carbocycles. The van der Waals surface area contributed by atoms with Gasteiger partial charge in [0.2, 0.25) is 5.91 Å². The minimum atomic E-state index is -4.49. The van der Waals surface area contributed by atoms with Crippen molar-refractivity contribution in [3.63, 3.8) is 0 Å². The maximum Gasteiger partial charge on any atom is 0.405 e. The number of carbonyl (C=O) groups is 1. The van der Waals surface area contributed by atoms with Crippen molar-refractivity contribution in [2.45, 2.75) is 19.6 Å². The molecule has 0 bridgehead atoms. The van der Waals surface area contributed by atoms with E-state index in [1.165, 1.54) is 6.20 Å². The van der Waals surface area contributed by atoms with Crippen LogP contribution in [0.25, 0.3) is 0 Å². The molecule has 0 aliphatic rings. The van der Waals surface area contributed by atoms with E-state index in [4.69, 9.17) is 5.73 Å². The molecule has 0 saturated heterocycles. The molecule has 0 aliphatic heterocycles. The summed E-state index contributed by atoms with van der Waals surface area (Å²) in [5.41, 5.74) is 5.84. The highest BCUT2D eigenvalue weighted by Gasteiger charge is 2.27. The Morgan fingerprint density at radius 2 is 2.11 bits per heavy atom. The van der Waals surface area contributed by atoms with Crippen molar-refractivity contribution in [3.8, 4) is 0 Å². The van der Waals surface area contributed by atoms with Crippen LogP contribution >= 0.6 is 15.9 Å². The minimum Gasteiger partial charge on any atom is -0.397 e. The van der Waals surface area contributed by atoms with E-state index in [1.54, 1.807) is 12.2 Å². The van der Waals surface area contributed by atoms with Gasteiger partial charge in [-0.05, 0) is 28.4 Å². The van der Waals surface area contributed by atoms with E-state index in [1.807, 2.05) is 0 Å². The second-order valence-electron chi connectivity index (χ2n) is 3.85. The molecule has 1 amide bonds. The van der Waals surface area contributed by atoms with Crippen LogP contribution in [0.1, 0.15) is 5.56 Å². The molecule has 0 unspecified atom stereocenters. The van der Waals surface area contributed by atoms with Gasteiger partial charge >= 0.3 is 6.18 Å². The highest BCUT2D eigenvalue weighted by Crippen LogP contribution is 2.17. The largest absolute Gasteiger partial charge is 0.405 e. The number of anilines is 1.